The van der Waals surface area contributed by atoms with Crippen molar-refractivity contribution in [2.75, 3.05) is 30.8 Å². The smallest absolute Gasteiger partial charge is 0.321 e. The highest BCUT2D eigenvalue weighted by molar-refractivity contribution is 5.96. The van der Waals surface area contributed by atoms with Gasteiger partial charge in [0.05, 0.1) is 18.7 Å². The van der Waals surface area contributed by atoms with Gasteiger partial charge in [-0.1, -0.05) is 30.3 Å². The molecule has 0 radical (unpaired) electrons. The van der Waals surface area contributed by atoms with E-state index in [1.165, 1.54) is 14.0 Å². The van der Waals surface area contributed by atoms with Crippen LogP contribution in [0.4, 0.5) is 16.2 Å². The van der Waals surface area contributed by atoms with E-state index in [1.54, 1.807) is 41.3 Å². The highest BCUT2D eigenvalue weighted by Gasteiger charge is 2.31. The summed E-state index contributed by atoms with van der Waals surface area (Å²) in [5, 5.41) is 5.54. The Morgan fingerprint density at radius 3 is 2.48 bits per heavy atom. The highest BCUT2D eigenvalue weighted by atomic mass is 16.5. The lowest BCUT2D eigenvalue weighted by molar-refractivity contribution is -0.158. The monoisotopic (exact) mass is 425 g/mol. The average Bonchev–Trinajstić information content (AvgIpc) is 2.80. The molecule has 1 heterocycles. The summed E-state index contributed by atoms with van der Waals surface area (Å²) in [6.07, 6.45) is 0.310. The first kappa shape index (κ1) is 22.1. The first-order valence-corrected chi connectivity index (χ1v) is 10.2. The lowest BCUT2D eigenvalue weighted by Gasteiger charge is -2.32. The number of carbonyl (C=O) groups is 3. The zero-order valence-electron chi connectivity index (χ0n) is 17.7. The van der Waals surface area contributed by atoms with Crippen LogP contribution in [0.3, 0.4) is 0 Å². The number of anilines is 2. The van der Waals surface area contributed by atoms with Gasteiger partial charge in [-0.2, -0.15) is 0 Å². The number of methoxy groups -OCH3 is 1. The maximum Gasteiger partial charge on any atom is 0.321 e. The molecular formula is C23H27N3O5. The van der Waals surface area contributed by atoms with E-state index in [0.717, 1.165) is 0 Å². The van der Waals surface area contributed by atoms with E-state index in [2.05, 4.69) is 10.6 Å². The van der Waals surface area contributed by atoms with E-state index >= 15 is 0 Å². The minimum absolute atomic E-state index is 0.248. The van der Waals surface area contributed by atoms with E-state index in [0.29, 0.717) is 36.5 Å². The second kappa shape index (κ2) is 10.5. The van der Waals surface area contributed by atoms with Crippen molar-refractivity contribution >= 4 is 29.3 Å². The fourth-order valence-electron chi connectivity index (χ4n) is 3.38. The topological polar surface area (TPSA) is 97.0 Å². The second-order valence-electron chi connectivity index (χ2n) is 7.35. The number of nitrogens with one attached hydrogen (secondary N) is 2. The van der Waals surface area contributed by atoms with Crippen LogP contribution in [-0.4, -0.2) is 49.1 Å². The van der Waals surface area contributed by atoms with E-state index in [9.17, 15) is 14.4 Å². The largest absolute Gasteiger partial charge is 0.495 e. The SMILES string of the molecule is COc1ccccc1NC(=O)C(C)OC(=O)C1CCCN(C(=O)Nc2ccccc2)C1. The third kappa shape index (κ3) is 5.97. The molecule has 2 aromatic rings. The summed E-state index contributed by atoms with van der Waals surface area (Å²) in [6.45, 7) is 2.33. The average molecular weight is 425 g/mol. The van der Waals surface area contributed by atoms with E-state index in [1.807, 2.05) is 18.2 Å². The van der Waals surface area contributed by atoms with Crippen LogP contribution in [0.2, 0.25) is 0 Å². The number of nitrogens with zero attached hydrogens (tertiary/aromatic N) is 1. The van der Waals surface area contributed by atoms with Crippen LogP contribution in [0.5, 0.6) is 5.75 Å². The lowest BCUT2D eigenvalue weighted by Crippen LogP contribution is -2.45. The molecule has 3 rings (SSSR count). The summed E-state index contributed by atoms with van der Waals surface area (Å²) in [4.78, 5) is 39.2. The molecule has 2 N–H and O–H groups in total. The van der Waals surface area contributed by atoms with Crippen molar-refractivity contribution in [3.63, 3.8) is 0 Å². The number of piperidine rings is 1. The van der Waals surface area contributed by atoms with Crippen molar-refractivity contribution < 1.29 is 23.9 Å². The zero-order valence-corrected chi connectivity index (χ0v) is 17.7. The molecule has 1 aliphatic rings. The van der Waals surface area contributed by atoms with Gasteiger partial charge in [0.1, 0.15) is 5.75 Å². The lowest BCUT2D eigenvalue weighted by atomic mass is 9.98. The summed E-state index contributed by atoms with van der Waals surface area (Å²) in [5.41, 5.74) is 1.19. The van der Waals surface area contributed by atoms with Crippen LogP contribution >= 0.6 is 0 Å². The maximum atomic E-state index is 12.6. The zero-order chi connectivity index (χ0) is 22.2. The fraction of sp³-hybridized carbons (Fsp3) is 0.348. The van der Waals surface area contributed by atoms with Gasteiger partial charge in [0, 0.05) is 18.8 Å². The van der Waals surface area contributed by atoms with E-state index < -0.39 is 23.9 Å². The molecule has 8 heteroatoms. The van der Waals surface area contributed by atoms with Crippen molar-refractivity contribution in [2.24, 2.45) is 5.92 Å². The third-order valence-electron chi connectivity index (χ3n) is 5.09. The summed E-state index contributed by atoms with van der Waals surface area (Å²) in [7, 11) is 1.51. The Labute approximate surface area is 181 Å². The predicted molar refractivity (Wildman–Crippen MR) is 117 cm³/mol. The van der Waals surface area contributed by atoms with Crippen LogP contribution in [0.1, 0.15) is 19.8 Å². The molecule has 1 saturated heterocycles. The number of benzene rings is 2. The first-order chi connectivity index (χ1) is 15.0. The number of rotatable bonds is 6. The van der Waals surface area contributed by atoms with E-state index in [4.69, 9.17) is 9.47 Å². The van der Waals surface area contributed by atoms with Crippen molar-refractivity contribution in [1.82, 2.24) is 4.90 Å². The third-order valence-corrected chi connectivity index (χ3v) is 5.09. The van der Waals surface area contributed by atoms with Crippen molar-refractivity contribution in [3.05, 3.63) is 54.6 Å². The molecule has 0 aliphatic carbocycles. The minimum Gasteiger partial charge on any atom is -0.495 e. The van der Waals surface area contributed by atoms with Crippen LogP contribution in [0.25, 0.3) is 0 Å². The Hall–Kier alpha value is -3.55. The van der Waals surface area contributed by atoms with E-state index in [-0.39, 0.29) is 12.6 Å². The van der Waals surface area contributed by atoms with Crippen LogP contribution in [-0.2, 0) is 14.3 Å². The van der Waals surface area contributed by atoms with Gasteiger partial charge >= 0.3 is 12.0 Å². The first-order valence-electron chi connectivity index (χ1n) is 10.2. The quantitative estimate of drug-likeness (QED) is 0.691. The fourth-order valence-corrected chi connectivity index (χ4v) is 3.38. The molecule has 0 bridgehead atoms. The molecule has 0 spiro atoms. The Morgan fingerprint density at radius 2 is 1.74 bits per heavy atom. The van der Waals surface area contributed by atoms with Gasteiger partial charge in [-0.25, -0.2) is 4.79 Å². The Bertz CT molecular complexity index is 918. The molecular weight excluding hydrogens is 398 g/mol. The van der Waals surface area contributed by atoms with Gasteiger partial charge in [0.2, 0.25) is 0 Å². The molecule has 1 fully saturated rings. The maximum absolute atomic E-state index is 12.6. The van der Waals surface area contributed by atoms with Crippen molar-refractivity contribution in [2.45, 2.75) is 25.9 Å². The number of ether oxygens (including phenoxy) is 2. The van der Waals surface area contributed by atoms with Crippen LogP contribution in [0, 0.1) is 5.92 Å². The molecule has 31 heavy (non-hydrogen) atoms. The van der Waals surface area contributed by atoms with Gasteiger partial charge in [-0.15, -0.1) is 0 Å². The van der Waals surface area contributed by atoms with Crippen LogP contribution in [0.15, 0.2) is 54.6 Å². The highest BCUT2D eigenvalue weighted by Crippen LogP contribution is 2.24. The molecule has 0 saturated carbocycles. The van der Waals surface area contributed by atoms with Gasteiger partial charge in [0.25, 0.3) is 5.91 Å². The molecule has 2 aromatic carbocycles. The molecule has 1 aliphatic heterocycles. The summed E-state index contributed by atoms with van der Waals surface area (Å²) in [5.74, 6) is -0.897. The molecule has 164 valence electrons. The number of amides is 3. The van der Waals surface area contributed by atoms with Gasteiger partial charge in [-0.3, -0.25) is 9.59 Å². The molecule has 8 nitrogen and oxygen atoms in total. The summed E-state index contributed by atoms with van der Waals surface area (Å²) >= 11 is 0. The van der Waals surface area contributed by atoms with Gasteiger partial charge in [0.15, 0.2) is 6.10 Å². The molecule has 3 amide bonds. The Kier molecular flexibility index (Phi) is 7.48. The number of hydrogen-bond acceptors (Lipinski definition) is 5. The molecule has 2 atom stereocenters. The number of hydrogen-bond donors (Lipinski definition) is 2. The molecule has 2 unspecified atom stereocenters. The minimum atomic E-state index is -0.981. The number of likely N-dealkylation sites (tertiary alicyclic amines) is 1. The summed E-state index contributed by atoms with van der Waals surface area (Å²) < 4.78 is 10.6. The number of para-hydroxylation sites is 3. The van der Waals surface area contributed by atoms with Gasteiger partial charge < -0.3 is 25.0 Å². The van der Waals surface area contributed by atoms with Gasteiger partial charge in [-0.05, 0) is 44.0 Å². The molecule has 0 aromatic heterocycles. The number of carbonyl (C=O) groups excluding carboxylic acids is 3. The Morgan fingerprint density at radius 1 is 1.03 bits per heavy atom. The Balaban J connectivity index is 1.53. The normalized spacial score (nSPS) is 16.7. The standard InChI is InChI=1S/C23H27N3O5/c1-16(21(27)25-19-12-6-7-13-20(19)30-2)31-22(28)17-9-8-14-26(15-17)23(29)24-18-10-4-3-5-11-18/h3-7,10-13,16-17H,8-9,14-15H2,1-2H3,(H,24,29)(H,25,27). The van der Waals surface area contributed by atoms with Crippen molar-refractivity contribution in [1.29, 1.82) is 0 Å². The number of esters is 1. The number of urea groups is 1. The second-order valence-corrected chi connectivity index (χ2v) is 7.35. The van der Waals surface area contributed by atoms with Crippen molar-refractivity contribution in [3.8, 4) is 5.75 Å². The summed E-state index contributed by atoms with van der Waals surface area (Å²) in [6, 6.07) is 15.9. The van der Waals surface area contributed by atoms with Crippen LogP contribution < -0.4 is 15.4 Å². The predicted octanol–water partition coefficient (Wildman–Crippen LogP) is 3.51.